The first-order chi connectivity index (χ1) is 11.8. The third-order valence-corrected chi connectivity index (χ3v) is 5.35. The minimum Gasteiger partial charge on any atom is -0.465 e. The molecule has 7 nitrogen and oxygen atoms in total. The van der Waals surface area contributed by atoms with Crippen LogP contribution in [0.3, 0.4) is 0 Å². The highest BCUT2D eigenvalue weighted by Gasteiger charge is 2.10. The van der Waals surface area contributed by atoms with Gasteiger partial charge in [0.15, 0.2) is 0 Å². The van der Waals surface area contributed by atoms with Gasteiger partial charge in [-0.3, -0.25) is 19.2 Å². The first kappa shape index (κ1) is 23.8. The lowest BCUT2D eigenvalue weighted by Gasteiger charge is -2.08. The van der Waals surface area contributed by atoms with Gasteiger partial charge < -0.3 is 15.4 Å². The normalized spacial score (nSPS) is 10.4. The highest BCUT2D eigenvalue weighted by atomic mass is 33.1. The molecule has 2 amide bonds. The summed E-state index contributed by atoms with van der Waals surface area (Å²) in [5.41, 5.74) is 0. The second-order valence-electron chi connectivity index (χ2n) is 5.55. The molecule has 0 aromatic rings. The summed E-state index contributed by atoms with van der Waals surface area (Å²) in [6, 6.07) is 0. The van der Waals surface area contributed by atoms with Crippen LogP contribution in [0.5, 0.6) is 0 Å². The number of nitrogens with one attached hydrogen (secondary N) is 2. The van der Waals surface area contributed by atoms with Crippen molar-refractivity contribution in [1.82, 2.24) is 10.6 Å². The van der Waals surface area contributed by atoms with E-state index >= 15 is 0 Å². The fraction of sp³-hybridized carbons (Fsp3) is 0.750. The number of carbonyl (C=O) groups excluding carboxylic acids is 4. The lowest BCUT2D eigenvalue weighted by molar-refractivity contribution is -0.140. The van der Waals surface area contributed by atoms with E-state index in [1.165, 1.54) is 6.92 Å². The molecule has 0 aromatic heterocycles. The zero-order valence-electron chi connectivity index (χ0n) is 15.1. The summed E-state index contributed by atoms with van der Waals surface area (Å²) >= 11 is 0. The Morgan fingerprint density at radius 3 is 2.00 bits per heavy atom. The van der Waals surface area contributed by atoms with Gasteiger partial charge in [-0.15, -0.1) is 0 Å². The molecule has 0 saturated heterocycles. The van der Waals surface area contributed by atoms with Gasteiger partial charge in [0.2, 0.25) is 11.8 Å². The van der Waals surface area contributed by atoms with Crippen molar-refractivity contribution < 1.29 is 23.9 Å². The Morgan fingerprint density at radius 1 is 0.880 bits per heavy atom. The Balaban J connectivity index is 3.47. The van der Waals surface area contributed by atoms with Crippen LogP contribution >= 0.6 is 21.6 Å². The van der Waals surface area contributed by atoms with Crippen molar-refractivity contribution in [2.45, 2.75) is 40.0 Å². The number of rotatable bonds is 14. The van der Waals surface area contributed by atoms with Gasteiger partial charge in [0.1, 0.15) is 12.4 Å². The largest absolute Gasteiger partial charge is 0.465 e. The van der Waals surface area contributed by atoms with Crippen LogP contribution in [-0.2, 0) is 23.9 Å². The van der Waals surface area contributed by atoms with E-state index in [1.54, 1.807) is 21.6 Å². The van der Waals surface area contributed by atoms with Crippen molar-refractivity contribution in [3.63, 3.8) is 0 Å². The third kappa shape index (κ3) is 16.0. The number of hydrogen-bond acceptors (Lipinski definition) is 7. The standard InChI is InChI=1S/C16H28N2O5S2/c1-12(2)14(20)4-5-15(21)17-7-8-18-16(22)6-10-24-25-11-9-23-13(3)19/h12H,4-11H2,1-3H3,(H,17,21)(H,18,22). The highest BCUT2D eigenvalue weighted by Crippen LogP contribution is 2.21. The highest BCUT2D eigenvalue weighted by molar-refractivity contribution is 8.76. The smallest absolute Gasteiger partial charge is 0.302 e. The van der Waals surface area contributed by atoms with E-state index in [-0.39, 0.29) is 42.3 Å². The topological polar surface area (TPSA) is 102 Å². The molecule has 0 saturated carbocycles. The predicted octanol–water partition coefficient (Wildman–Crippen LogP) is 1.56. The van der Waals surface area contributed by atoms with Gasteiger partial charge in [-0.05, 0) is 0 Å². The summed E-state index contributed by atoms with van der Waals surface area (Å²) in [6.07, 6.45) is 0.830. The molecular weight excluding hydrogens is 364 g/mol. The summed E-state index contributed by atoms with van der Waals surface area (Å²) in [7, 11) is 3.11. The molecule has 0 spiro atoms. The molecule has 0 fully saturated rings. The number of amides is 2. The summed E-state index contributed by atoms with van der Waals surface area (Å²) in [5.74, 6) is 0.845. The molecule has 144 valence electrons. The quantitative estimate of drug-likeness (QED) is 0.263. The molecule has 0 rings (SSSR count). The summed E-state index contributed by atoms with van der Waals surface area (Å²) in [4.78, 5) is 45.1. The van der Waals surface area contributed by atoms with Crippen LogP contribution in [0.25, 0.3) is 0 Å². The summed E-state index contributed by atoms with van der Waals surface area (Å²) < 4.78 is 4.79. The maximum Gasteiger partial charge on any atom is 0.302 e. The van der Waals surface area contributed by atoms with Crippen molar-refractivity contribution >= 4 is 45.2 Å². The molecule has 0 bridgehead atoms. The van der Waals surface area contributed by atoms with Crippen molar-refractivity contribution in [1.29, 1.82) is 0 Å². The number of carbonyl (C=O) groups is 4. The Bertz CT molecular complexity index is 444. The Morgan fingerprint density at radius 2 is 1.44 bits per heavy atom. The molecule has 0 heterocycles. The molecule has 2 N–H and O–H groups in total. The SMILES string of the molecule is CC(=O)OCCSSCCC(=O)NCCNC(=O)CCC(=O)C(C)C. The van der Waals surface area contributed by atoms with Crippen LogP contribution in [0, 0.1) is 5.92 Å². The fourth-order valence-electron chi connectivity index (χ4n) is 1.58. The maximum atomic E-state index is 11.6. The average Bonchev–Trinajstić information content (AvgIpc) is 2.55. The van der Waals surface area contributed by atoms with E-state index in [9.17, 15) is 19.2 Å². The zero-order chi connectivity index (χ0) is 19.1. The van der Waals surface area contributed by atoms with E-state index < -0.39 is 0 Å². The van der Waals surface area contributed by atoms with Gasteiger partial charge in [-0.1, -0.05) is 35.4 Å². The number of ketones is 1. The van der Waals surface area contributed by atoms with Crippen LogP contribution in [0.4, 0.5) is 0 Å². The number of esters is 1. The number of Topliss-reactive ketones (excluding diaryl/α,β-unsaturated/α-hetero) is 1. The summed E-state index contributed by atoms with van der Waals surface area (Å²) in [5, 5.41) is 5.40. The second kappa shape index (κ2) is 15.1. The molecule has 0 unspecified atom stereocenters. The summed E-state index contributed by atoms with van der Waals surface area (Å²) in [6.45, 7) is 6.09. The van der Waals surface area contributed by atoms with Gasteiger partial charge in [-0.25, -0.2) is 0 Å². The number of ether oxygens (including phenoxy) is 1. The van der Waals surface area contributed by atoms with Crippen molar-refractivity contribution in [3.8, 4) is 0 Å². The van der Waals surface area contributed by atoms with Crippen molar-refractivity contribution in [2.75, 3.05) is 31.2 Å². The van der Waals surface area contributed by atoms with Crippen LogP contribution in [0.15, 0.2) is 0 Å². The van der Waals surface area contributed by atoms with E-state index in [0.717, 1.165) is 0 Å². The first-order valence-electron chi connectivity index (χ1n) is 8.26. The average molecular weight is 393 g/mol. The van der Waals surface area contributed by atoms with Gasteiger partial charge in [-0.2, -0.15) is 0 Å². The Kier molecular flexibility index (Phi) is 14.3. The lowest BCUT2D eigenvalue weighted by atomic mass is 10.0. The molecule has 0 aromatic carbocycles. The molecular formula is C16H28N2O5S2. The van der Waals surface area contributed by atoms with Crippen LogP contribution in [0.1, 0.15) is 40.0 Å². The third-order valence-electron chi connectivity index (χ3n) is 2.98. The monoisotopic (exact) mass is 392 g/mol. The maximum absolute atomic E-state index is 11.6. The van der Waals surface area contributed by atoms with E-state index in [0.29, 0.717) is 37.6 Å². The van der Waals surface area contributed by atoms with Crippen LogP contribution in [-0.4, -0.2) is 54.8 Å². The second-order valence-corrected chi connectivity index (χ2v) is 8.26. The van der Waals surface area contributed by atoms with Gasteiger partial charge in [0.05, 0.1) is 0 Å². The predicted molar refractivity (Wildman–Crippen MR) is 101 cm³/mol. The molecule has 0 aliphatic heterocycles. The van der Waals surface area contributed by atoms with E-state index in [4.69, 9.17) is 4.74 Å². The zero-order valence-corrected chi connectivity index (χ0v) is 16.7. The first-order valence-corrected chi connectivity index (χ1v) is 10.8. The van der Waals surface area contributed by atoms with Crippen LogP contribution < -0.4 is 10.6 Å². The molecule has 9 heteroatoms. The fourth-order valence-corrected chi connectivity index (χ4v) is 3.39. The number of hydrogen-bond donors (Lipinski definition) is 2. The van der Waals surface area contributed by atoms with Gasteiger partial charge in [0, 0.05) is 56.7 Å². The Hall–Kier alpha value is -1.22. The molecule has 0 aliphatic carbocycles. The molecule has 0 radical (unpaired) electrons. The van der Waals surface area contributed by atoms with E-state index in [2.05, 4.69) is 10.6 Å². The van der Waals surface area contributed by atoms with Crippen LogP contribution in [0.2, 0.25) is 0 Å². The minimum absolute atomic E-state index is 0.0511. The Labute approximate surface area is 157 Å². The van der Waals surface area contributed by atoms with E-state index in [1.807, 2.05) is 13.8 Å². The van der Waals surface area contributed by atoms with Crippen molar-refractivity contribution in [3.05, 3.63) is 0 Å². The molecule has 25 heavy (non-hydrogen) atoms. The minimum atomic E-state index is -0.288. The molecule has 0 atom stereocenters. The lowest BCUT2D eigenvalue weighted by Crippen LogP contribution is -2.34. The van der Waals surface area contributed by atoms with Crippen molar-refractivity contribution in [2.24, 2.45) is 5.92 Å². The van der Waals surface area contributed by atoms with Gasteiger partial charge >= 0.3 is 5.97 Å². The molecule has 0 aliphatic rings. The van der Waals surface area contributed by atoms with Gasteiger partial charge in [0.25, 0.3) is 0 Å².